The van der Waals surface area contributed by atoms with E-state index in [1.165, 1.54) is 18.2 Å². The van der Waals surface area contributed by atoms with Crippen molar-refractivity contribution < 1.29 is 15.0 Å². The summed E-state index contributed by atoms with van der Waals surface area (Å²) in [6.45, 7) is 5.89. The number of allylic oxidation sites excluding steroid dienone is 2. The van der Waals surface area contributed by atoms with Gasteiger partial charge in [0.1, 0.15) is 5.76 Å². The van der Waals surface area contributed by atoms with Crippen LogP contribution in [0.4, 0.5) is 16.2 Å². The fourth-order valence-corrected chi connectivity index (χ4v) is 4.71. The number of pyridine rings is 1. The van der Waals surface area contributed by atoms with Crippen LogP contribution in [-0.4, -0.2) is 39.9 Å². The SMILES string of the molecule is C=C/C=C(/O)c1[nH]c(=O)ccc1C[C@@H](O)CN[C@H](C)Cc1cccc(NC(=O)Nc2ccccc2-c2ccccc2)c1. The van der Waals surface area contributed by atoms with E-state index in [0.717, 1.165) is 22.4 Å². The number of anilines is 2. The number of hydrogen-bond donors (Lipinski definition) is 6. The number of urea groups is 1. The highest BCUT2D eigenvalue weighted by atomic mass is 16.3. The van der Waals surface area contributed by atoms with Gasteiger partial charge in [-0.2, -0.15) is 0 Å². The third kappa shape index (κ3) is 8.54. The molecule has 0 bridgehead atoms. The van der Waals surface area contributed by atoms with Crippen molar-refractivity contribution in [3.8, 4) is 11.1 Å². The maximum absolute atomic E-state index is 12.8. The summed E-state index contributed by atoms with van der Waals surface area (Å²) in [6.07, 6.45) is 2.98. The van der Waals surface area contributed by atoms with Crippen molar-refractivity contribution in [2.45, 2.75) is 31.9 Å². The monoisotopic (exact) mass is 564 g/mol. The minimum Gasteiger partial charge on any atom is -0.506 e. The number of nitrogens with one attached hydrogen (secondary N) is 4. The smallest absolute Gasteiger partial charge is 0.323 e. The molecule has 2 atom stereocenters. The molecule has 2 amide bonds. The second-order valence-corrected chi connectivity index (χ2v) is 10.1. The minimum absolute atomic E-state index is 0.0330. The first-order valence-corrected chi connectivity index (χ1v) is 13.8. The van der Waals surface area contributed by atoms with Crippen LogP contribution in [0.15, 0.2) is 115 Å². The average Bonchev–Trinajstić information content (AvgIpc) is 2.98. The highest BCUT2D eigenvalue weighted by Crippen LogP contribution is 2.27. The van der Waals surface area contributed by atoms with Crippen LogP contribution in [0.2, 0.25) is 0 Å². The van der Waals surface area contributed by atoms with Gasteiger partial charge in [-0.1, -0.05) is 79.4 Å². The van der Waals surface area contributed by atoms with Gasteiger partial charge in [-0.25, -0.2) is 4.79 Å². The molecule has 0 fully saturated rings. The van der Waals surface area contributed by atoms with E-state index in [0.29, 0.717) is 24.2 Å². The Bertz CT molecular complexity index is 1600. The highest BCUT2D eigenvalue weighted by molar-refractivity contribution is 6.02. The first kappa shape index (κ1) is 30.0. The van der Waals surface area contributed by atoms with Gasteiger partial charge in [0.2, 0.25) is 5.56 Å². The number of aromatic amines is 1. The van der Waals surface area contributed by atoms with E-state index in [2.05, 4.69) is 27.5 Å². The largest absolute Gasteiger partial charge is 0.506 e. The van der Waals surface area contributed by atoms with Crippen LogP contribution < -0.4 is 21.5 Å². The van der Waals surface area contributed by atoms with Gasteiger partial charge in [-0.3, -0.25) is 4.79 Å². The van der Waals surface area contributed by atoms with Crippen molar-refractivity contribution in [3.05, 3.63) is 137 Å². The molecule has 6 N–H and O–H groups in total. The number of amides is 2. The second kappa shape index (κ2) is 14.6. The summed E-state index contributed by atoms with van der Waals surface area (Å²) in [5.41, 5.74) is 4.92. The summed E-state index contributed by atoms with van der Waals surface area (Å²) in [7, 11) is 0. The van der Waals surface area contributed by atoms with Crippen LogP contribution in [0, 0.1) is 0 Å². The number of hydrogen-bond acceptors (Lipinski definition) is 5. The molecule has 3 aromatic carbocycles. The zero-order chi connectivity index (χ0) is 29.9. The molecular weight excluding hydrogens is 528 g/mol. The van der Waals surface area contributed by atoms with E-state index < -0.39 is 6.10 Å². The zero-order valence-electron chi connectivity index (χ0n) is 23.5. The van der Waals surface area contributed by atoms with Crippen molar-refractivity contribution in [1.29, 1.82) is 0 Å². The van der Waals surface area contributed by atoms with E-state index in [4.69, 9.17) is 0 Å². The topological polar surface area (TPSA) is 126 Å². The van der Waals surface area contributed by atoms with Crippen LogP contribution in [0.5, 0.6) is 0 Å². The average molecular weight is 565 g/mol. The molecule has 8 nitrogen and oxygen atoms in total. The Morgan fingerprint density at radius 3 is 2.50 bits per heavy atom. The number of aromatic nitrogens is 1. The van der Waals surface area contributed by atoms with Gasteiger partial charge in [-0.05, 0) is 54.3 Å². The Kier molecular flexibility index (Phi) is 10.5. The maximum atomic E-state index is 12.8. The number of rotatable bonds is 12. The van der Waals surface area contributed by atoms with Crippen molar-refractivity contribution >= 4 is 23.2 Å². The van der Waals surface area contributed by atoms with E-state index in [9.17, 15) is 19.8 Å². The molecule has 216 valence electrons. The molecular formula is C34H36N4O4. The van der Waals surface area contributed by atoms with E-state index in [1.54, 1.807) is 6.07 Å². The van der Waals surface area contributed by atoms with Crippen molar-refractivity contribution in [2.24, 2.45) is 0 Å². The van der Waals surface area contributed by atoms with Crippen molar-refractivity contribution in [3.63, 3.8) is 0 Å². The summed E-state index contributed by atoms with van der Waals surface area (Å²) in [4.78, 5) is 27.2. The van der Waals surface area contributed by atoms with Crippen LogP contribution in [0.25, 0.3) is 16.9 Å². The van der Waals surface area contributed by atoms with Gasteiger partial charge in [0.15, 0.2) is 0 Å². The predicted octanol–water partition coefficient (Wildman–Crippen LogP) is 5.90. The molecule has 0 radical (unpaired) electrons. The molecule has 0 aliphatic rings. The lowest BCUT2D eigenvalue weighted by atomic mass is 10.0. The van der Waals surface area contributed by atoms with Gasteiger partial charge in [-0.15, -0.1) is 0 Å². The van der Waals surface area contributed by atoms with Gasteiger partial charge in [0, 0.05) is 36.3 Å². The summed E-state index contributed by atoms with van der Waals surface area (Å²) in [5, 5.41) is 30.1. The molecule has 0 saturated heterocycles. The molecule has 0 aliphatic carbocycles. The number of carbonyl (C=O) groups excluding carboxylic acids is 1. The Morgan fingerprint density at radius 2 is 1.71 bits per heavy atom. The predicted molar refractivity (Wildman–Crippen MR) is 170 cm³/mol. The molecule has 0 spiro atoms. The third-order valence-electron chi connectivity index (χ3n) is 6.68. The molecule has 0 saturated carbocycles. The zero-order valence-corrected chi connectivity index (χ0v) is 23.5. The molecule has 0 aliphatic heterocycles. The van der Waals surface area contributed by atoms with Crippen molar-refractivity contribution in [1.82, 2.24) is 10.3 Å². The molecule has 4 aromatic rings. The fraction of sp³-hybridized carbons (Fsp3) is 0.176. The van der Waals surface area contributed by atoms with Crippen LogP contribution in [-0.2, 0) is 12.8 Å². The quantitative estimate of drug-likeness (QED) is 0.0945. The number of para-hydroxylation sites is 1. The number of benzene rings is 3. The summed E-state index contributed by atoms with van der Waals surface area (Å²) in [6, 6.07) is 27.9. The summed E-state index contributed by atoms with van der Waals surface area (Å²) in [5.74, 6) is -0.117. The van der Waals surface area contributed by atoms with Gasteiger partial charge in [0.05, 0.1) is 17.5 Å². The number of H-pyrrole nitrogens is 1. The minimum atomic E-state index is -0.746. The molecule has 1 heterocycles. The summed E-state index contributed by atoms with van der Waals surface area (Å²) >= 11 is 0. The Balaban J connectivity index is 1.31. The Labute approximate surface area is 245 Å². The number of aliphatic hydroxyl groups is 2. The molecule has 1 aromatic heterocycles. The lowest BCUT2D eigenvalue weighted by Crippen LogP contribution is -2.36. The molecule has 8 heteroatoms. The lowest BCUT2D eigenvalue weighted by molar-refractivity contribution is 0.167. The lowest BCUT2D eigenvalue weighted by Gasteiger charge is -2.19. The van der Waals surface area contributed by atoms with E-state index in [1.807, 2.05) is 85.8 Å². The van der Waals surface area contributed by atoms with Crippen LogP contribution >= 0.6 is 0 Å². The third-order valence-corrected chi connectivity index (χ3v) is 6.68. The first-order chi connectivity index (χ1) is 20.3. The van der Waals surface area contributed by atoms with Gasteiger partial charge < -0.3 is 31.1 Å². The Hall–Kier alpha value is -4.92. The summed E-state index contributed by atoms with van der Waals surface area (Å²) < 4.78 is 0. The maximum Gasteiger partial charge on any atom is 0.323 e. The van der Waals surface area contributed by atoms with Gasteiger partial charge in [0.25, 0.3) is 0 Å². The normalized spacial score (nSPS) is 12.8. The fourth-order valence-electron chi connectivity index (χ4n) is 4.71. The Morgan fingerprint density at radius 1 is 0.952 bits per heavy atom. The molecule has 42 heavy (non-hydrogen) atoms. The van der Waals surface area contributed by atoms with Crippen LogP contribution in [0.3, 0.4) is 0 Å². The number of aliphatic hydroxyl groups excluding tert-OH is 2. The van der Waals surface area contributed by atoms with Crippen LogP contribution in [0.1, 0.15) is 23.7 Å². The standard InChI is InChI=1S/C34H36N4O4/c1-3-10-31(40)33-26(17-18-32(41)38-33)21-28(39)22-35-23(2)19-24-11-9-14-27(20-24)36-34(42)37-30-16-8-7-15-29(30)25-12-5-4-6-13-25/h3-18,20,23,28,35,39-40H,1,19,21-22H2,2H3,(H,38,41)(H2,36,37,42)/b31-10+/t23-,28-/m1/s1. The second-order valence-electron chi connectivity index (χ2n) is 10.1. The van der Waals surface area contributed by atoms with Crippen molar-refractivity contribution in [2.75, 3.05) is 17.2 Å². The molecule has 0 unspecified atom stereocenters. The first-order valence-electron chi connectivity index (χ1n) is 13.8. The van der Waals surface area contributed by atoms with E-state index >= 15 is 0 Å². The highest BCUT2D eigenvalue weighted by Gasteiger charge is 2.14. The molecule has 4 rings (SSSR count). The van der Waals surface area contributed by atoms with Gasteiger partial charge >= 0.3 is 6.03 Å². The number of carbonyl (C=O) groups is 1. The van der Waals surface area contributed by atoms with E-state index in [-0.39, 0.29) is 35.5 Å².